The second-order valence-electron chi connectivity index (χ2n) is 6.51. The molecule has 2 aromatic carbocycles. The molecule has 0 bridgehead atoms. The topological polar surface area (TPSA) is 38.3 Å². The number of hydrogen-bond acceptors (Lipinski definition) is 2. The maximum absolute atomic E-state index is 12.2. The van der Waals surface area contributed by atoms with Crippen molar-refractivity contribution in [1.29, 1.82) is 0 Å². The first-order valence-corrected chi connectivity index (χ1v) is 8.56. The summed E-state index contributed by atoms with van der Waals surface area (Å²) in [5.41, 5.74) is 4.66. The Morgan fingerprint density at radius 1 is 1.08 bits per heavy atom. The number of nitrogens with one attached hydrogen (secondary N) is 1. The predicted octanol–water partition coefficient (Wildman–Crippen LogP) is 4.91. The van der Waals surface area contributed by atoms with Crippen molar-refractivity contribution >= 4 is 11.6 Å². The number of amides is 1. The van der Waals surface area contributed by atoms with Crippen LogP contribution in [0.2, 0.25) is 0 Å². The van der Waals surface area contributed by atoms with Crippen LogP contribution in [0.5, 0.6) is 5.75 Å². The maximum atomic E-state index is 12.2. The first-order chi connectivity index (χ1) is 11.5. The average molecular weight is 325 g/mol. The lowest BCUT2D eigenvalue weighted by Gasteiger charge is -2.13. The molecule has 1 amide bonds. The molecule has 2 aromatic rings. The van der Waals surface area contributed by atoms with Crippen LogP contribution in [-0.4, -0.2) is 12.5 Å². The van der Waals surface area contributed by atoms with E-state index in [2.05, 4.69) is 44.3 Å². The predicted molar refractivity (Wildman–Crippen MR) is 99.6 cm³/mol. The second kappa shape index (κ2) is 8.53. The fourth-order valence-corrected chi connectivity index (χ4v) is 2.99. The molecule has 0 aliphatic carbocycles. The number of hydrogen-bond donors (Lipinski definition) is 1. The summed E-state index contributed by atoms with van der Waals surface area (Å²) >= 11 is 0. The van der Waals surface area contributed by atoms with Gasteiger partial charge in [0.2, 0.25) is 5.91 Å². The standard InChI is InChI=1S/C21H27NO2/c1-5-24-20-8-6-19(7-9-20)22-21(23)14-17(4)13-18-11-15(2)10-16(3)12-18/h6-12,17H,5,13-14H2,1-4H3,(H,22,23)/t17-/m1/s1. The zero-order chi connectivity index (χ0) is 17.5. The molecule has 1 atom stereocenters. The van der Waals surface area contributed by atoms with E-state index in [1.807, 2.05) is 31.2 Å². The zero-order valence-corrected chi connectivity index (χ0v) is 15.1. The van der Waals surface area contributed by atoms with Crippen molar-refractivity contribution in [1.82, 2.24) is 0 Å². The lowest BCUT2D eigenvalue weighted by Crippen LogP contribution is -2.16. The Bertz CT molecular complexity index is 656. The van der Waals surface area contributed by atoms with Gasteiger partial charge >= 0.3 is 0 Å². The Hall–Kier alpha value is -2.29. The van der Waals surface area contributed by atoms with Crippen molar-refractivity contribution in [2.45, 2.75) is 40.5 Å². The number of rotatable bonds is 7. The van der Waals surface area contributed by atoms with Crippen molar-refractivity contribution in [3.05, 3.63) is 59.2 Å². The normalized spacial score (nSPS) is 11.8. The summed E-state index contributed by atoms with van der Waals surface area (Å²) < 4.78 is 5.40. The van der Waals surface area contributed by atoms with Gasteiger partial charge in [0.05, 0.1) is 6.61 Å². The van der Waals surface area contributed by atoms with Gasteiger partial charge in [0.1, 0.15) is 5.75 Å². The molecule has 3 heteroatoms. The molecule has 0 saturated heterocycles. The van der Waals surface area contributed by atoms with Crippen LogP contribution in [0.4, 0.5) is 5.69 Å². The molecule has 1 N–H and O–H groups in total. The van der Waals surface area contributed by atoms with Crippen LogP contribution in [0.3, 0.4) is 0 Å². The minimum absolute atomic E-state index is 0.0519. The number of ether oxygens (including phenoxy) is 1. The number of aryl methyl sites for hydroxylation is 2. The molecular weight excluding hydrogens is 298 g/mol. The van der Waals surface area contributed by atoms with E-state index < -0.39 is 0 Å². The van der Waals surface area contributed by atoms with Gasteiger partial charge in [0.25, 0.3) is 0 Å². The van der Waals surface area contributed by atoms with Gasteiger partial charge in [-0.05, 0) is 62.9 Å². The van der Waals surface area contributed by atoms with Crippen LogP contribution in [0, 0.1) is 19.8 Å². The molecule has 128 valence electrons. The lowest BCUT2D eigenvalue weighted by atomic mass is 9.95. The Labute approximate surface area is 145 Å². The van der Waals surface area contributed by atoms with Gasteiger partial charge in [-0.15, -0.1) is 0 Å². The van der Waals surface area contributed by atoms with Crippen LogP contribution >= 0.6 is 0 Å². The molecule has 3 nitrogen and oxygen atoms in total. The highest BCUT2D eigenvalue weighted by atomic mass is 16.5. The highest BCUT2D eigenvalue weighted by molar-refractivity contribution is 5.90. The monoisotopic (exact) mass is 325 g/mol. The van der Waals surface area contributed by atoms with Gasteiger partial charge in [0, 0.05) is 12.1 Å². The smallest absolute Gasteiger partial charge is 0.224 e. The largest absolute Gasteiger partial charge is 0.494 e. The summed E-state index contributed by atoms with van der Waals surface area (Å²) in [4.78, 5) is 12.2. The second-order valence-corrected chi connectivity index (χ2v) is 6.51. The molecule has 0 spiro atoms. The fourth-order valence-electron chi connectivity index (χ4n) is 2.99. The van der Waals surface area contributed by atoms with Gasteiger partial charge in [-0.2, -0.15) is 0 Å². The van der Waals surface area contributed by atoms with Crippen molar-refractivity contribution < 1.29 is 9.53 Å². The molecule has 24 heavy (non-hydrogen) atoms. The highest BCUT2D eigenvalue weighted by Gasteiger charge is 2.11. The van der Waals surface area contributed by atoms with Gasteiger partial charge in [-0.25, -0.2) is 0 Å². The first kappa shape index (κ1) is 18.1. The Balaban J connectivity index is 1.86. The number of benzene rings is 2. The molecular formula is C21H27NO2. The molecule has 0 heterocycles. The summed E-state index contributed by atoms with van der Waals surface area (Å²) in [6.07, 6.45) is 1.43. The zero-order valence-electron chi connectivity index (χ0n) is 15.1. The summed E-state index contributed by atoms with van der Waals surface area (Å²) in [6.45, 7) is 8.93. The van der Waals surface area contributed by atoms with Gasteiger partial charge in [-0.1, -0.05) is 36.2 Å². The van der Waals surface area contributed by atoms with Crippen LogP contribution in [-0.2, 0) is 11.2 Å². The van der Waals surface area contributed by atoms with Crippen molar-refractivity contribution in [2.24, 2.45) is 5.92 Å². The molecule has 0 aliphatic heterocycles. The Morgan fingerprint density at radius 3 is 2.29 bits per heavy atom. The highest BCUT2D eigenvalue weighted by Crippen LogP contribution is 2.18. The van der Waals surface area contributed by atoms with Crippen molar-refractivity contribution in [3.8, 4) is 5.75 Å². The molecule has 0 saturated carbocycles. The number of carbonyl (C=O) groups excluding carboxylic acids is 1. The Kier molecular flexibility index (Phi) is 6.42. The van der Waals surface area contributed by atoms with E-state index in [1.165, 1.54) is 16.7 Å². The lowest BCUT2D eigenvalue weighted by molar-refractivity contribution is -0.116. The SMILES string of the molecule is CCOc1ccc(NC(=O)C[C@H](C)Cc2cc(C)cc(C)c2)cc1. The van der Waals surface area contributed by atoms with E-state index >= 15 is 0 Å². The van der Waals surface area contributed by atoms with Gasteiger partial charge in [0.15, 0.2) is 0 Å². The Morgan fingerprint density at radius 2 is 1.71 bits per heavy atom. The summed E-state index contributed by atoms with van der Waals surface area (Å²) in [5, 5.41) is 2.96. The molecule has 0 aliphatic rings. The summed E-state index contributed by atoms with van der Waals surface area (Å²) in [6, 6.07) is 14.1. The molecule has 0 radical (unpaired) electrons. The third-order valence-corrected chi connectivity index (χ3v) is 3.85. The van der Waals surface area contributed by atoms with Crippen LogP contribution < -0.4 is 10.1 Å². The molecule has 0 fully saturated rings. The number of anilines is 1. The maximum Gasteiger partial charge on any atom is 0.224 e. The van der Waals surface area contributed by atoms with E-state index in [9.17, 15) is 4.79 Å². The quantitative estimate of drug-likeness (QED) is 0.785. The minimum atomic E-state index is 0.0519. The van der Waals surface area contributed by atoms with Crippen LogP contribution in [0.15, 0.2) is 42.5 Å². The van der Waals surface area contributed by atoms with E-state index in [0.717, 1.165) is 17.9 Å². The average Bonchev–Trinajstić information content (AvgIpc) is 2.48. The first-order valence-electron chi connectivity index (χ1n) is 8.56. The third-order valence-electron chi connectivity index (χ3n) is 3.85. The number of carbonyl (C=O) groups is 1. The van der Waals surface area contributed by atoms with E-state index in [4.69, 9.17) is 4.74 Å². The van der Waals surface area contributed by atoms with E-state index in [-0.39, 0.29) is 5.91 Å². The molecule has 2 rings (SSSR count). The van der Waals surface area contributed by atoms with Crippen LogP contribution in [0.25, 0.3) is 0 Å². The summed E-state index contributed by atoms with van der Waals surface area (Å²) in [5.74, 6) is 1.17. The fraction of sp³-hybridized carbons (Fsp3) is 0.381. The van der Waals surface area contributed by atoms with Crippen molar-refractivity contribution in [3.63, 3.8) is 0 Å². The molecule has 0 unspecified atom stereocenters. The van der Waals surface area contributed by atoms with E-state index in [1.54, 1.807) is 0 Å². The van der Waals surface area contributed by atoms with E-state index in [0.29, 0.717) is 18.9 Å². The third kappa shape index (κ3) is 5.73. The minimum Gasteiger partial charge on any atom is -0.494 e. The summed E-state index contributed by atoms with van der Waals surface area (Å²) in [7, 11) is 0. The van der Waals surface area contributed by atoms with Crippen LogP contribution in [0.1, 0.15) is 37.0 Å². The van der Waals surface area contributed by atoms with Crippen molar-refractivity contribution in [2.75, 3.05) is 11.9 Å². The van der Waals surface area contributed by atoms with Gasteiger partial charge < -0.3 is 10.1 Å². The molecule has 0 aromatic heterocycles. The van der Waals surface area contributed by atoms with Gasteiger partial charge in [-0.3, -0.25) is 4.79 Å².